The number of anilines is 2. The maximum atomic E-state index is 12.4. The minimum absolute atomic E-state index is 0.0227. The van der Waals surface area contributed by atoms with Gasteiger partial charge in [-0.05, 0) is 68.8 Å². The Morgan fingerprint density at radius 1 is 1.03 bits per heavy atom. The van der Waals surface area contributed by atoms with Gasteiger partial charge in [-0.1, -0.05) is 11.2 Å². The van der Waals surface area contributed by atoms with Crippen molar-refractivity contribution >= 4 is 33.5 Å². The predicted octanol–water partition coefficient (Wildman–Crippen LogP) is 4.23. The van der Waals surface area contributed by atoms with Gasteiger partial charge in [-0.25, -0.2) is 8.42 Å². The standard InChI is InChI=1S/C23H25N3O6S/c1-4-30-20-12-6-17(15-21(20)31-5-2)7-13-23(27)24-18-8-10-19(11-9-18)33(28,29)26-22-14-16(3)32-25-22/h6-15H,4-5H2,1-3H3,(H,24,27)(H,25,26)/b13-7+. The number of carbonyl (C=O) groups is 1. The summed E-state index contributed by atoms with van der Waals surface area (Å²) in [5, 5.41) is 6.30. The van der Waals surface area contributed by atoms with Crippen LogP contribution in [-0.2, 0) is 14.8 Å². The zero-order valence-electron chi connectivity index (χ0n) is 18.5. The fraction of sp³-hybridized carbons (Fsp3) is 0.217. The first kappa shape index (κ1) is 23.9. The van der Waals surface area contributed by atoms with Crippen LogP contribution in [0.1, 0.15) is 25.2 Å². The van der Waals surface area contributed by atoms with Crippen LogP contribution in [0.15, 0.2) is 64.0 Å². The second-order valence-electron chi connectivity index (χ2n) is 6.85. The summed E-state index contributed by atoms with van der Waals surface area (Å²) in [4.78, 5) is 12.3. The molecule has 0 saturated heterocycles. The second-order valence-corrected chi connectivity index (χ2v) is 8.53. The highest BCUT2D eigenvalue weighted by atomic mass is 32.2. The van der Waals surface area contributed by atoms with Gasteiger partial charge in [0.15, 0.2) is 17.3 Å². The summed E-state index contributed by atoms with van der Waals surface area (Å²) < 4.78 is 43.2. The molecule has 0 aliphatic carbocycles. The third-order valence-electron chi connectivity index (χ3n) is 4.29. The number of carbonyl (C=O) groups excluding carboxylic acids is 1. The summed E-state index contributed by atoms with van der Waals surface area (Å²) in [6.07, 6.45) is 3.03. The Morgan fingerprint density at radius 2 is 1.73 bits per heavy atom. The van der Waals surface area contributed by atoms with Gasteiger partial charge in [0, 0.05) is 17.8 Å². The van der Waals surface area contributed by atoms with Gasteiger partial charge in [0.1, 0.15) is 5.76 Å². The normalized spacial score (nSPS) is 11.4. The average molecular weight is 472 g/mol. The molecule has 1 amide bonds. The average Bonchev–Trinajstić information content (AvgIpc) is 3.18. The fourth-order valence-electron chi connectivity index (χ4n) is 2.86. The first-order chi connectivity index (χ1) is 15.8. The van der Waals surface area contributed by atoms with E-state index in [-0.39, 0.29) is 16.6 Å². The lowest BCUT2D eigenvalue weighted by Crippen LogP contribution is -2.13. The Labute approximate surface area is 192 Å². The van der Waals surface area contributed by atoms with Gasteiger partial charge >= 0.3 is 0 Å². The molecule has 1 aromatic heterocycles. The van der Waals surface area contributed by atoms with E-state index in [1.165, 1.54) is 36.4 Å². The van der Waals surface area contributed by atoms with E-state index in [9.17, 15) is 13.2 Å². The molecular weight excluding hydrogens is 446 g/mol. The molecule has 0 fully saturated rings. The predicted molar refractivity (Wildman–Crippen MR) is 125 cm³/mol. The number of benzene rings is 2. The SMILES string of the molecule is CCOc1ccc(/C=C/C(=O)Nc2ccc(S(=O)(=O)Nc3cc(C)on3)cc2)cc1OCC. The Hall–Kier alpha value is -3.79. The molecule has 0 atom stereocenters. The van der Waals surface area contributed by atoms with E-state index in [2.05, 4.69) is 15.2 Å². The van der Waals surface area contributed by atoms with Gasteiger partial charge in [0.05, 0.1) is 18.1 Å². The minimum Gasteiger partial charge on any atom is -0.490 e. The zero-order valence-corrected chi connectivity index (χ0v) is 19.3. The summed E-state index contributed by atoms with van der Waals surface area (Å²) in [5.41, 5.74) is 1.22. The lowest BCUT2D eigenvalue weighted by atomic mass is 10.2. The molecule has 0 unspecified atom stereocenters. The van der Waals surface area contributed by atoms with Gasteiger partial charge in [0.2, 0.25) is 5.91 Å². The summed E-state index contributed by atoms with van der Waals surface area (Å²) in [6, 6.07) is 12.6. The van der Waals surface area contributed by atoms with Crippen LogP contribution in [-0.4, -0.2) is 32.7 Å². The van der Waals surface area contributed by atoms with Crippen molar-refractivity contribution in [2.45, 2.75) is 25.7 Å². The summed E-state index contributed by atoms with van der Waals surface area (Å²) >= 11 is 0. The van der Waals surface area contributed by atoms with Gasteiger partial charge in [-0.2, -0.15) is 0 Å². The van der Waals surface area contributed by atoms with E-state index in [1.807, 2.05) is 19.9 Å². The second kappa shape index (κ2) is 10.7. The van der Waals surface area contributed by atoms with Gasteiger partial charge in [0.25, 0.3) is 10.0 Å². The van der Waals surface area contributed by atoms with E-state index in [0.717, 1.165) is 5.56 Å². The van der Waals surface area contributed by atoms with Crippen molar-refractivity contribution < 1.29 is 27.2 Å². The number of hydrogen-bond acceptors (Lipinski definition) is 7. The van der Waals surface area contributed by atoms with Crippen molar-refractivity contribution in [2.24, 2.45) is 0 Å². The molecule has 3 aromatic rings. The number of ether oxygens (including phenoxy) is 2. The molecular formula is C23H25N3O6S. The highest BCUT2D eigenvalue weighted by Crippen LogP contribution is 2.29. The van der Waals surface area contributed by atoms with Crippen molar-refractivity contribution in [1.82, 2.24) is 5.16 Å². The monoisotopic (exact) mass is 471 g/mol. The highest BCUT2D eigenvalue weighted by molar-refractivity contribution is 7.92. The van der Waals surface area contributed by atoms with Crippen LogP contribution in [0.25, 0.3) is 6.08 Å². The molecule has 2 N–H and O–H groups in total. The smallest absolute Gasteiger partial charge is 0.263 e. The van der Waals surface area contributed by atoms with E-state index in [0.29, 0.717) is 36.2 Å². The fourth-order valence-corrected chi connectivity index (χ4v) is 3.84. The number of sulfonamides is 1. The maximum Gasteiger partial charge on any atom is 0.263 e. The van der Waals surface area contributed by atoms with Crippen LogP contribution in [0, 0.1) is 6.92 Å². The van der Waals surface area contributed by atoms with Gasteiger partial charge < -0.3 is 19.3 Å². The zero-order chi connectivity index (χ0) is 23.8. The molecule has 1 heterocycles. The molecule has 0 aliphatic rings. The minimum atomic E-state index is -3.83. The van der Waals surface area contributed by atoms with E-state index in [1.54, 1.807) is 25.1 Å². The topological polar surface area (TPSA) is 120 Å². The molecule has 0 saturated carbocycles. The van der Waals surface area contributed by atoms with Crippen molar-refractivity contribution in [2.75, 3.05) is 23.3 Å². The Balaban J connectivity index is 1.63. The van der Waals surface area contributed by atoms with Crippen LogP contribution < -0.4 is 19.5 Å². The van der Waals surface area contributed by atoms with Crippen molar-refractivity contribution in [3.8, 4) is 11.5 Å². The Kier molecular flexibility index (Phi) is 7.73. The molecule has 0 radical (unpaired) electrons. The number of nitrogens with one attached hydrogen (secondary N) is 2. The summed E-state index contributed by atoms with van der Waals surface area (Å²) in [7, 11) is -3.83. The third kappa shape index (κ3) is 6.59. The number of aromatic nitrogens is 1. The lowest BCUT2D eigenvalue weighted by molar-refractivity contribution is -0.111. The number of nitrogens with zero attached hydrogens (tertiary/aromatic N) is 1. The number of rotatable bonds is 10. The first-order valence-electron chi connectivity index (χ1n) is 10.3. The van der Waals surface area contributed by atoms with Crippen LogP contribution in [0.3, 0.4) is 0 Å². The van der Waals surface area contributed by atoms with Crippen molar-refractivity contribution in [3.63, 3.8) is 0 Å². The lowest BCUT2D eigenvalue weighted by Gasteiger charge is -2.11. The maximum absolute atomic E-state index is 12.4. The van der Waals surface area contributed by atoms with E-state index >= 15 is 0 Å². The van der Waals surface area contributed by atoms with Crippen LogP contribution in [0.4, 0.5) is 11.5 Å². The van der Waals surface area contributed by atoms with E-state index < -0.39 is 10.0 Å². The van der Waals surface area contributed by atoms with Crippen LogP contribution >= 0.6 is 0 Å². The highest BCUT2D eigenvalue weighted by Gasteiger charge is 2.16. The van der Waals surface area contributed by atoms with Crippen molar-refractivity contribution in [1.29, 1.82) is 0 Å². The molecule has 174 valence electrons. The molecule has 10 heteroatoms. The molecule has 2 aromatic carbocycles. The quantitative estimate of drug-likeness (QED) is 0.425. The van der Waals surface area contributed by atoms with Crippen LogP contribution in [0.2, 0.25) is 0 Å². The molecule has 0 bridgehead atoms. The molecule has 0 aliphatic heterocycles. The Morgan fingerprint density at radius 3 is 2.36 bits per heavy atom. The number of hydrogen-bond donors (Lipinski definition) is 2. The Bertz CT molecular complexity index is 1230. The number of aryl methyl sites for hydroxylation is 1. The van der Waals surface area contributed by atoms with Gasteiger partial charge in [-0.15, -0.1) is 0 Å². The molecule has 3 rings (SSSR count). The van der Waals surface area contributed by atoms with E-state index in [4.69, 9.17) is 14.0 Å². The van der Waals surface area contributed by atoms with Crippen molar-refractivity contribution in [3.05, 3.63) is 65.9 Å². The molecule has 33 heavy (non-hydrogen) atoms. The summed E-state index contributed by atoms with van der Waals surface area (Å²) in [6.45, 7) is 6.45. The largest absolute Gasteiger partial charge is 0.490 e. The third-order valence-corrected chi connectivity index (χ3v) is 5.66. The van der Waals surface area contributed by atoms with Gasteiger partial charge in [-0.3, -0.25) is 9.52 Å². The van der Waals surface area contributed by atoms with Crippen LogP contribution in [0.5, 0.6) is 11.5 Å². The molecule has 0 spiro atoms. The summed E-state index contributed by atoms with van der Waals surface area (Å²) in [5.74, 6) is 1.46. The number of amides is 1. The molecule has 9 nitrogen and oxygen atoms in total. The first-order valence-corrected chi connectivity index (χ1v) is 11.7.